The normalized spacial score (nSPS) is 11.7. The maximum Gasteiger partial charge on any atom is 0.240 e. The SMILES string of the molecule is Cc1nc(SCC(=O)N(C)CC(=O)NC(C)(C)C)c2c(C)c(C)sc2n1. The third-order valence-electron chi connectivity index (χ3n) is 3.76. The summed E-state index contributed by atoms with van der Waals surface area (Å²) in [5, 5.41) is 4.72. The lowest BCUT2D eigenvalue weighted by Gasteiger charge is -2.23. The summed E-state index contributed by atoms with van der Waals surface area (Å²) in [6.45, 7) is 11.8. The molecule has 2 amide bonds. The second-order valence-corrected chi connectivity index (χ2v) is 9.54. The average molecular weight is 395 g/mol. The van der Waals surface area contributed by atoms with Crippen LogP contribution in [0.2, 0.25) is 0 Å². The van der Waals surface area contributed by atoms with E-state index in [2.05, 4.69) is 29.1 Å². The van der Waals surface area contributed by atoms with Crippen molar-refractivity contribution in [3.8, 4) is 0 Å². The lowest BCUT2D eigenvalue weighted by molar-refractivity contribution is -0.133. The van der Waals surface area contributed by atoms with Gasteiger partial charge in [0.15, 0.2) is 0 Å². The highest BCUT2D eigenvalue weighted by Gasteiger charge is 2.19. The molecule has 0 aromatic carbocycles. The fourth-order valence-corrected chi connectivity index (χ4v) is 4.63. The Kier molecular flexibility index (Phi) is 6.29. The van der Waals surface area contributed by atoms with Crippen molar-refractivity contribution in [3.05, 3.63) is 16.3 Å². The number of carbonyl (C=O) groups is 2. The number of thioether (sulfide) groups is 1. The average Bonchev–Trinajstić information content (AvgIpc) is 2.76. The molecule has 2 rings (SSSR count). The Bertz CT molecular complexity index is 840. The molecule has 0 unspecified atom stereocenters. The van der Waals surface area contributed by atoms with E-state index in [1.807, 2.05) is 27.7 Å². The van der Waals surface area contributed by atoms with Crippen LogP contribution in [-0.2, 0) is 9.59 Å². The molecule has 142 valence electrons. The Hall–Kier alpha value is -1.67. The summed E-state index contributed by atoms with van der Waals surface area (Å²) in [5.41, 5.74) is 0.853. The summed E-state index contributed by atoms with van der Waals surface area (Å²) >= 11 is 3.05. The summed E-state index contributed by atoms with van der Waals surface area (Å²) < 4.78 is 0. The van der Waals surface area contributed by atoms with E-state index in [-0.39, 0.29) is 29.7 Å². The Balaban J connectivity index is 2.05. The maximum atomic E-state index is 12.4. The van der Waals surface area contributed by atoms with Gasteiger partial charge >= 0.3 is 0 Å². The molecule has 0 fully saturated rings. The minimum Gasteiger partial charge on any atom is -0.350 e. The summed E-state index contributed by atoms with van der Waals surface area (Å²) in [6.07, 6.45) is 0. The van der Waals surface area contributed by atoms with Gasteiger partial charge in [-0.2, -0.15) is 0 Å². The third-order valence-corrected chi connectivity index (χ3v) is 5.82. The molecule has 0 saturated carbocycles. The molecule has 0 radical (unpaired) electrons. The van der Waals surface area contributed by atoms with Crippen LogP contribution in [0.1, 0.15) is 37.0 Å². The Morgan fingerprint density at radius 1 is 1.19 bits per heavy atom. The summed E-state index contributed by atoms with van der Waals surface area (Å²) in [6, 6.07) is 0. The summed E-state index contributed by atoms with van der Waals surface area (Å²) in [5.74, 6) is 0.668. The number of rotatable bonds is 5. The second kappa shape index (κ2) is 7.92. The predicted octanol–water partition coefficient (Wildman–Crippen LogP) is 3.08. The van der Waals surface area contributed by atoms with Gasteiger partial charge < -0.3 is 10.2 Å². The fourth-order valence-electron chi connectivity index (χ4n) is 2.42. The van der Waals surface area contributed by atoms with E-state index in [4.69, 9.17) is 0 Å². The number of aromatic nitrogens is 2. The van der Waals surface area contributed by atoms with Crippen LogP contribution in [0, 0.1) is 20.8 Å². The zero-order valence-electron chi connectivity index (χ0n) is 16.4. The molecule has 6 nitrogen and oxygen atoms in total. The van der Waals surface area contributed by atoms with Gasteiger partial charge in [0, 0.05) is 22.8 Å². The van der Waals surface area contributed by atoms with E-state index in [0.717, 1.165) is 20.8 Å². The van der Waals surface area contributed by atoms with E-state index in [0.29, 0.717) is 5.82 Å². The van der Waals surface area contributed by atoms with Crippen molar-refractivity contribution in [3.63, 3.8) is 0 Å². The molecule has 2 aromatic heterocycles. The molecular weight excluding hydrogens is 368 g/mol. The Morgan fingerprint density at radius 2 is 1.85 bits per heavy atom. The first kappa shape index (κ1) is 20.6. The number of hydrogen-bond donors (Lipinski definition) is 1. The van der Waals surface area contributed by atoms with Crippen LogP contribution in [0.15, 0.2) is 5.03 Å². The van der Waals surface area contributed by atoms with Gasteiger partial charge in [-0.15, -0.1) is 11.3 Å². The number of thiophene rings is 1. The highest BCUT2D eigenvalue weighted by Crippen LogP contribution is 2.35. The third kappa shape index (κ3) is 5.17. The molecule has 0 aliphatic carbocycles. The van der Waals surface area contributed by atoms with Crippen LogP contribution in [0.5, 0.6) is 0 Å². The van der Waals surface area contributed by atoms with E-state index >= 15 is 0 Å². The Morgan fingerprint density at radius 3 is 2.46 bits per heavy atom. The number of nitrogens with zero attached hydrogens (tertiary/aromatic N) is 3. The first-order chi connectivity index (χ1) is 12.0. The minimum absolute atomic E-state index is 0.0471. The molecule has 26 heavy (non-hydrogen) atoms. The number of nitrogens with one attached hydrogen (secondary N) is 1. The molecule has 0 bridgehead atoms. The number of amides is 2. The quantitative estimate of drug-likeness (QED) is 0.623. The summed E-state index contributed by atoms with van der Waals surface area (Å²) in [7, 11) is 1.64. The number of carbonyl (C=O) groups excluding carboxylic acids is 2. The van der Waals surface area contributed by atoms with E-state index in [1.54, 1.807) is 18.4 Å². The predicted molar refractivity (Wildman–Crippen MR) is 108 cm³/mol. The minimum atomic E-state index is -0.311. The zero-order valence-corrected chi connectivity index (χ0v) is 18.0. The van der Waals surface area contributed by atoms with Crippen molar-refractivity contribution in [2.75, 3.05) is 19.3 Å². The lowest BCUT2D eigenvalue weighted by Crippen LogP contribution is -2.46. The van der Waals surface area contributed by atoms with Gasteiger partial charge in [-0.1, -0.05) is 11.8 Å². The lowest BCUT2D eigenvalue weighted by atomic mass is 10.1. The van der Waals surface area contributed by atoms with Gasteiger partial charge in [-0.05, 0) is 47.1 Å². The van der Waals surface area contributed by atoms with Gasteiger partial charge in [0.2, 0.25) is 11.8 Å². The van der Waals surface area contributed by atoms with Crippen molar-refractivity contribution >= 4 is 45.1 Å². The van der Waals surface area contributed by atoms with Crippen molar-refractivity contribution in [2.24, 2.45) is 0 Å². The van der Waals surface area contributed by atoms with E-state index < -0.39 is 0 Å². The number of fused-ring (bicyclic) bond motifs is 1. The van der Waals surface area contributed by atoms with Crippen LogP contribution in [0.4, 0.5) is 0 Å². The first-order valence-corrected chi connectivity index (χ1v) is 10.2. The van der Waals surface area contributed by atoms with E-state index in [9.17, 15) is 9.59 Å². The zero-order chi connectivity index (χ0) is 19.6. The van der Waals surface area contributed by atoms with Crippen molar-refractivity contribution in [1.29, 1.82) is 0 Å². The number of hydrogen-bond acceptors (Lipinski definition) is 6. The molecule has 0 saturated heterocycles. The van der Waals surface area contributed by atoms with Gasteiger partial charge in [0.1, 0.15) is 15.7 Å². The summed E-state index contributed by atoms with van der Waals surface area (Å²) in [4.78, 5) is 37.0. The van der Waals surface area contributed by atoms with Crippen LogP contribution < -0.4 is 5.32 Å². The molecule has 1 N–H and O–H groups in total. The molecule has 2 heterocycles. The van der Waals surface area contributed by atoms with Crippen molar-refractivity contribution in [1.82, 2.24) is 20.2 Å². The molecular formula is C18H26N4O2S2. The number of likely N-dealkylation sites (N-methyl/N-ethyl adjacent to an activating group) is 1. The molecule has 8 heteroatoms. The maximum absolute atomic E-state index is 12.4. The van der Waals surface area contributed by atoms with Crippen LogP contribution >= 0.6 is 23.1 Å². The molecule has 0 aliphatic rings. The van der Waals surface area contributed by atoms with E-state index in [1.165, 1.54) is 21.5 Å². The van der Waals surface area contributed by atoms with Gasteiger partial charge in [-0.3, -0.25) is 9.59 Å². The van der Waals surface area contributed by atoms with Gasteiger partial charge in [0.05, 0.1) is 12.3 Å². The molecule has 2 aromatic rings. The highest BCUT2D eigenvalue weighted by molar-refractivity contribution is 8.00. The topological polar surface area (TPSA) is 75.2 Å². The first-order valence-electron chi connectivity index (χ1n) is 8.40. The molecule has 0 aliphatic heterocycles. The fraction of sp³-hybridized carbons (Fsp3) is 0.556. The van der Waals surface area contributed by atoms with Crippen LogP contribution in [0.3, 0.4) is 0 Å². The second-order valence-electron chi connectivity index (χ2n) is 7.38. The van der Waals surface area contributed by atoms with Gasteiger partial charge in [-0.25, -0.2) is 9.97 Å². The molecule has 0 atom stereocenters. The number of aryl methyl sites for hydroxylation is 3. The standard InChI is InChI=1S/C18H26N4O2S2/c1-10-11(2)26-17-15(10)16(19-12(3)20-17)25-9-14(24)22(7)8-13(23)21-18(4,5)6/h8-9H2,1-7H3,(H,21,23). The van der Waals surface area contributed by atoms with Crippen LogP contribution in [-0.4, -0.2) is 51.6 Å². The largest absolute Gasteiger partial charge is 0.350 e. The van der Waals surface area contributed by atoms with Crippen molar-refractivity contribution in [2.45, 2.75) is 52.1 Å². The molecule has 0 spiro atoms. The highest BCUT2D eigenvalue weighted by atomic mass is 32.2. The smallest absolute Gasteiger partial charge is 0.240 e. The van der Waals surface area contributed by atoms with Gasteiger partial charge in [0.25, 0.3) is 0 Å². The Labute approximate surface area is 162 Å². The van der Waals surface area contributed by atoms with Crippen molar-refractivity contribution < 1.29 is 9.59 Å². The van der Waals surface area contributed by atoms with Crippen LogP contribution in [0.25, 0.3) is 10.2 Å². The monoisotopic (exact) mass is 394 g/mol.